The van der Waals surface area contributed by atoms with Crippen LogP contribution in [0, 0.1) is 0 Å². The van der Waals surface area contributed by atoms with Crippen LogP contribution in [0.2, 0.25) is 0 Å². The number of hydrogen-bond donors (Lipinski definition) is 0. The molecule has 0 N–H and O–H groups in total. The molecular weight excluding hydrogens is 378 g/mol. The van der Waals surface area contributed by atoms with Gasteiger partial charge in [-0.2, -0.15) is 0 Å². The van der Waals surface area contributed by atoms with E-state index in [0.717, 1.165) is 53.5 Å². The van der Waals surface area contributed by atoms with Gasteiger partial charge in [0.25, 0.3) is 0 Å². The second-order valence-electron chi connectivity index (χ2n) is 6.52. The van der Waals surface area contributed by atoms with Crippen LogP contribution in [0.5, 0.6) is 0 Å². The summed E-state index contributed by atoms with van der Waals surface area (Å²) in [4.78, 5) is 21.1. The van der Waals surface area contributed by atoms with Crippen LogP contribution in [0.4, 0.5) is 0 Å². The summed E-state index contributed by atoms with van der Waals surface area (Å²) in [6, 6.07) is 9.88. The highest BCUT2D eigenvalue weighted by Gasteiger charge is 2.29. The van der Waals surface area contributed by atoms with E-state index in [1.54, 1.807) is 35.5 Å². The van der Waals surface area contributed by atoms with E-state index in [1.165, 1.54) is 0 Å². The van der Waals surface area contributed by atoms with Crippen LogP contribution in [0.1, 0.15) is 37.4 Å². The van der Waals surface area contributed by atoms with Gasteiger partial charge in [0, 0.05) is 29.9 Å². The predicted octanol–water partition coefficient (Wildman–Crippen LogP) is 5.03. The average molecular weight is 400 g/mol. The number of rotatable bonds is 5. The van der Waals surface area contributed by atoms with Crippen LogP contribution in [-0.2, 0) is 4.79 Å². The van der Waals surface area contributed by atoms with Gasteiger partial charge in [0.15, 0.2) is 5.76 Å². The number of carbonyl (C=O) groups excluding carboxylic acids is 1. The maximum Gasteiger partial charge on any atom is 0.233 e. The summed E-state index contributed by atoms with van der Waals surface area (Å²) >= 11 is 3.19. The van der Waals surface area contributed by atoms with Crippen LogP contribution in [-0.4, -0.2) is 33.2 Å². The lowest BCUT2D eigenvalue weighted by Crippen LogP contribution is -2.36. The zero-order chi connectivity index (χ0) is 18.5. The highest BCUT2D eigenvalue weighted by Crippen LogP contribution is 2.34. The number of pyridine rings is 1. The Morgan fingerprint density at radius 3 is 2.96 bits per heavy atom. The normalized spacial score (nSPS) is 17.6. The van der Waals surface area contributed by atoms with Gasteiger partial charge in [-0.3, -0.25) is 9.78 Å². The van der Waals surface area contributed by atoms with Gasteiger partial charge < -0.3 is 9.42 Å². The lowest BCUT2D eigenvalue weighted by atomic mass is 10.1. The second kappa shape index (κ2) is 8.71. The number of hydrogen-bond acceptors (Lipinski definition) is 6. The van der Waals surface area contributed by atoms with E-state index in [1.807, 2.05) is 40.6 Å². The number of thioether (sulfide) groups is 1. The summed E-state index contributed by atoms with van der Waals surface area (Å²) in [5.41, 5.74) is 0.863. The molecule has 1 aliphatic heterocycles. The molecule has 0 aliphatic carbocycles. The fourth-order valence-electron chi connectivity index (χ4n) is 3.36. The summed E-state index contributed by atoms with van der Waals surface area (Å²) in [5.74, 6) is 1.36. The molecule has 0 aromatic carbocycles. The first-order valence-corrected chi connectivity index (χ1v) is 11.0. The van der Waals surface area contributed by atoms with Crippen LogP contribution in [0.15, 0.2) is 57.5 Å². The van der Waals surface area contributed by atoms with Crippen LogP contribution >= 0.6 is 23.1 Å². The maximum atomic E-state index is 13.0. The van der Waals surface area contributed by atoms with Crippen molar-refractivity contribution in [3.63, 3.8) is 0 Å². The van der Waals surface area contributed by atoms with Crippen LogP contribution in [0.3, 0.4) is 0 Å². The molecule has 3 aromatic rings. The third-order valence-corrected chi connectivity index (χ3v) is 6.60. The molecule has 5 nitrogen and oxygen atoms in total. The van der Waals surface area contributed by atoms with Crippen molar-refractivity contribution < 1.29 is 9.32 Å². The number of amides is 1. The quantitative estimate of drug-likeness (QED) is 0.563. The summed E-state index contributed by atoms with van der Waals surface area (Å²) in [6.07, 6.45) is 7.73. The Morgan fingerprint density at radius 1 is 1.26 bits per heavy atom. The van der Waals surface area contributed by atoms with E-state index in [4.69, 9.17) is 4.52 Å². The van der Waals surface area contributed by atoms with Crippen molar-refractivity contribution in [3.8, 4) is 10.6 Å². The van der Waals surface area contributed by atoms with Gasteiger partial charge in [-0.1, -0.05) is 24.1 Å². The number of carbonyl (C=O) groups is 1. The molecule has 0 spiro atoms. The Hall–Kier alpha value is -2.12. The summed E-state index contributed by atoms with van der Waals surface area (Å²) in [7, 11) is 0. The molecule has 4 heterocycles. The largest absolute Gasteiger partial charge is 0.355 e. The highest BCUT2D eigenvalue weighted by atomic mass is 32.2. The summed E-state index contributed by atoms with van der Waals surface area (Å²) < 4.78 is 5.57. The number of likely N-dealkylation sites (tertiary alicyclic amines) is 1. The van der Waals surface area contributed by atoms with E-state index in [0.29, 0.717) is 5.75 Å². The molecule has 4 rings (SSSR count). The lowest BCUT2D eigenvalue weighted by Gasteiger charge is -2.28. The molecule has 3 aromatic heterocycles. The first-order valence-electron chi connectivity index (χ1n) is 9.14. The van der Waals surface area contributed by atoms with Crippen molar-refractivity contribution in [3.05, 3.63) is 53.8 Å². The number of nitrogens with zero attached hydrogens (tertiary/aromatic N) is 3. The molecule has 1 unspecified atom stereocenters. The van der Waals surface area contributed by atoms with Gasteiger partial charge in [0.05, 0.1) is 16.7 Å². The summed E-state index contributed by atoms with van der Waals surface area (Å²) in [5, 5.41) is 6.33. The molecule has 1 saturated heterocycles. The smallest absolute Gasteiger partial charge is 0.233 e. The standard InChI is InChI=1S/C20H21N3O2S2/c24-20(14-27-15-7-9-21-10-8-15)23-11-3-1-2-5-17(23)16-13-18(25-22-16)19-6-4-12-26-19/h4,6-10,12-13,17H,1-3,5,11,14H2. The van der Waals surface area contributed by atoms with E-state index < -0.39 is 0 Å². The molecule has 1 amide bonds. The fraction of sp³-hybridized carbons (Fsp3) is 0.350. The van der Waals surface area contributed by atoms with E-state index in [9.17, 15) is 4.79 Å². The van der Waals surface area contributed by atoms with Gasteiger partial charge in [-0.05, 0) is 36.4 Å². The predicted molar refractivity (Wildman–Crippen MR) is 108 cm³/mol. The van der Waals surface area contributed by atoms with E-state index in [-0.39, 0.29) is 11.9 Å². The first-order chi connectivity index (χ1) is 13.3. The lowest BCUT2D eigenvalue weighted by molar-refractivity contribution is -0.130. The molecule has 0 bridgehead atoms. The minimum absolute atomic E-state index is 0.00416. The van der Waals surface area contributed by atoms with Crippen molar-refractivity contribution in [2.24, 2.45) is 0 Å². The average Bonchev–Trinajstić information content (AvgIpc) is 3.34. The molecule has 7 heteroatoms. The SMILES string of the molecule is O=C(CSc1ccncc1)N1CCCCCC1c1cc(-c2cccs2)on1. The molecule has 0 radical (unpaired) electrons. The first kappa shape index (κ1) is 18.3. The molecular formula is C20H21N3O2S2. The van der Waals surface area contributed by atoms with Gasteiger partial charge >= 0.3 is 0 Å². The van der Waals surface area contributed by atoms with Gasteiger partial charge in [-0.25, -0.2) is 0 Å². The Bertz CT molecular complexity index is 865. The molecule has 27 heavy (non-hydrogen) atoms. The van der Waals surface area contributed by atoms with E-state index >= 15 is 0 Å². The molecule has 0 saturated carbocycles. The zero-order valence-corrected chi connectivity index (χ0v) is 16.5. The van der Waals surface area contributed by atoms with Gasteiger partial charge in [0.2, 0.25) is 5.91 Å². The number of thiophene rings is 1. The van der Waals surface area contributed by atoms with Crippen molar-refractivity contribution in [2.75, 3.05) is 12.3 Å². The Morgan fingerprint density at radius 2 is 2.15 bits per heavy atom. The Balaban J connectivity index is 1.50. The number of aromatic nitrogens is 2. The third kappa shape index (κ3) is 4.42. The van der Waals surface area contributed by atoms with Gasteiger partial charge in [0.1, 0.15) is 5.69 Å². The van der Waals surface area contributed by atoms with Crippen LogP contribution in [0.25, 0.3) is 10.6 Å². The summed E-state index contributed by atoms with van der Waals surface area (Å²) in [6.45, 7) is 0.779. The Labute approximate surface area is 166 Å². The maximum absolute atomic E-state index is 13.0. The van der Waals surface area contributed by atoms with E-state index in [2.05, 4.69) is 10.1 Å². The molecule has 1 aliphatic rings. The third-order valence-electron chi connectivity index (χ3n) is 4.72. The van der Waals surface area contributed by atoms with Crippen molar-refractivity contribution in [1.82, 2.24) is 15.0 Å². The zero-order valence-electron chi connectivity index (χ0n) is 14.9. The van der Waals surface area contributed by atoms with Gasteiger partial charge in [-0.15, -0.1) is 23.1 Å². The van der Waals surface area contributed by atoms with Crippen molar-refractivity contribution >= 4 is 29.0 Å². The monoisotopic (exact) mass is 399 g/mol. The Kier molecular flexibility index (Phi) is 5.89. The minimum Gasteiger partial charge on any atom is -0.355 e. The fourth-order valence-corrected chi connectivity index (χ4v) is 4.80. The second-order valence-corrected chi connectivity index (χ2v) is 8.51. The minimum atomic E-state index is -0.00416. The molecule has 140 valence electrons. The topological polar surface area (TPSA) is 59.2 Å². The van der Waals surface area contributed by atoms with Crippen LogP contribution < -0.4 is 0 Å². The highest BCUT2D eigenvalue weighted by molar-refractivity contribution is 8.00. The molecule has 1 atom stereocenters. The van der Waals surface area contributed by atoms with Crippen molar-refractivity contribution in [2.45, 2.75) is 36.6 Å². The molecule has 1 fully saturated rings. The van der Waals surface area contributed by atoms with Crippen molar-refractivity contribution in [1.29, 1.82) is 0 Å².